The van der Waals surface area contributed by atoms with Crippen molar-refractivity contribution in [2.24, 2.45) is 0 Å². The summed E-state index contributed by atoms with van der Waals surface area (Å²) in [5, 5.41) is 9.40. The lowest BCUT2D eigenvalue weighted by Crippen LogP contribution is -2.11. The predicted octanol–water partition coefficient (Wildman–Crippen LogP) is 2.14. The topological polar surface area (TPSA) is 74.1 Å². The van der Waals surface area contributed by atoms with Gasteiger partial charge in [-0.1, -0.05) is 6.92 Å². The molecule has 9 heteroatoms. The van der Waals surface area contributed by atoms with Crippen LogP contribution in [0.3, 0.4) is 0 Å². The Balaban J connectivity index is 2.56. The molecule has 0 aliphatic carbocycles. The fraction of sp³-hybridized carbons (Fsp3) is 0.455. The second kappa shape index (κ2) is 6.21. The molecule has 0 saturated heterocycles. The van der Waals surface area contributed by atoms with Crippen LogP contribution < -0.4 is 0 Å². The first-order chi connectivity index (χ1) is 9.49. The van der Waals surface area contributed by atoms with Gasteiger partial charge in [-0.05, 0) is 23.4 Å². The van der Waals surface area contributed by atoms with Crippen LogP contribution in [0.1, 0.15) is 12.5 Å². The molecule has 6 nitrogen and oxygen atoms in total. The number of rotatable bonds is 6. The third-order valence-corrected chi connectivity index (χ3v) is 4.89. The van der Waals surface area contributed by atoms with Crippen molar-refractivity contribution in [3.05, 3.63) is 17.0 Å². The van der Waals surface area contributed by atoms with Crippen molar-refractivity contribution >= 4 is 31.1 Å². The molecule has 0 spiro atoms. The molecule has 110 valence electrons. The molecule has 2 heterocycles. The maximum absolute atomic E-state index is 11.6. The van der Waals surface area contributed by atoms with E-state index in [2.05, 4.69) is 10.2 Å². The second-order valence-electron chi connectivity index (χ2n) is 4.02. The van der Waals surface area contributed by atoms with Crippen molar-refractivity contribution in [2.75, 3.05) is 13.7 Å². The summed E-state index contributed by atoms with van der Waals surface area (Å²) in [6.45, 7) is 2.69. The van der Waals surface area contributed by atoms with Crippen LogP contribution >= 0.6 is 22.0 Å². The molecular weight excluding hydrogens is 322 g/mol. The van der Waals surface area contributed by atoms with Gasteiger partial charge in [0.2, 0.25) is 0 Å². The van der Waals surface area contributed by atoms with Crippen molar-refractivity contribution < 1.29 is 13.2 Å². The SMILES string of the molecule is CCc1ccsc1-c1nnc(S(=O)(=O)Cl)n1CCOC. The number of ether oxygens (including phenoxy) is 1. The van der Waals surface area contributed by atoms with Crippen LogP contribution in [0.15, 0.2) is 16.6 Å². The van der Waals surface area contributed by atoms with Gasteiger partial charge in [-0.25, -0.2) is 8.42 Å². The molecule has 0 aromatic carbocycles. The molecular formula is C11H14ClN3O3S2. The number of aryl methyl sites for hydroxylation is 1. The summed E-state index contributed by atoms with van der Waals surface area (Å²) in [5.74, 6) is 0.508. The van der Waals surface area contributed by atoms with E-state index >= 15 is 0 Å². The smallest absolute Gasteiger partial charge is 0.296 e. The monoisotopic (exact) mass is 335 g/mol. The van der Waals surface area contributed by atoms with E-state index in [0.717, 1.165) is 16.9 Å². The van der Waals surface area contributed by atoms with Crippen molar-refractivity contribution in [2.45, 2.75) is 25.0 Å². The van der Waals surface area contributed by atoms with Crippen LogP contribution in [0.25, 0.3) is 10.7 Å². The van der Waals surface area contributed by atoms with Crippen LogP contribution in [-0.4, -0.2) is 36.9 Å². The summed E-state index contributed by atoms with van der Waals surface area (Å²) in [7, 11) is 3.00. The van der Waals surface area contributed by atoms with Gasteiger partial charge >= 0.3 is 0 Å². The lowest BCUT2D eigenvalue weighted by Gasteiger charge is -2.08. The maximum Gasteiger partial charge on any atom is 0.296 e. The number of hydrogen-bond donors (Lipinski definition) is 0. The van der Waals surface area contributed by atoms with Gasteiger partial charge in [-0.3, -0.25) is 4.57 Å². The normalized spacial score (nSPS) is 11.9. The summed E-state index contributed by atoms with van der Waals surface area (Å²) >= 11 is 1.50. The Bertz CT molecular complexity index is 694. The predicted molar refractivity (Wildman–Crippen MR) is 77.6 cm³/mol. The first-order valence-electron chi connectivity index (χ1n) is 5.92. The standard InChI is InChI=1S/C11H14ClN3O3S2/c1-3-8-4-7-19-9(8)10-13-14-11(20(12,16)17)15(10)5-6-18-2/h4,7H,3,5-6H2,1-2H3. The minimum atomic E-state index is -3.94. The fourth-order valence-corrected chi connectivity index (χ4v) is 3.74. The van der Waals surface area contributed by atoms with E-state index < -0.39 is 9.05 Å². The van der Waals surface area contributed by atoms with Gasteiger partial charge in [0.05, 0.1) is 18.0 Å². The summed E-state index contributed by atoms with van der Waals surface area (Å²) in [6, 6.07) is 1.99. The molecule has 0 unspecified atom stereocenters. The summed E-state index contributed by atoms with van der Waals surface area (Å²) in [6.07, 6.45) is 0.832. The molecule has 2 rings (SSSR count). The average molecular weight is 336 g/mol. The fourth-order valence-electron chi connectivity index (χ4n) is 1.83. The molecule has 20 heavy (non-hydrogen) atoms. The van der Waals surface area contributed by atoms with Crippen LogP contribution in [0, 0.1) is 0 Å². The number of thiophene rings is 1. The molecule has 0 bridgehead atoms. The maximum atomic E-state index is 11.6. The highest BCUT2D eigenvalue weighted by atomic mass is 35.7. The highest BCUT2D eigenvalue weighted by Gasteiger charge is 2.24. The Morgan fingerprint density at radius 1 is 1.45 bits per heavy atom. The number of aromatic nitrogens is 3. The zero-order valence-corrected chi connectivity index (χ0v) is 13.4. The number of halogens is 1. The quantitative estimate of drug-likeness (QED) is 0.756. The van der Waals surface area contributed by atoms with Gasteiger partial charge in [0.15, 0.2) is 5.82 Å². The molecule has 2 aromatic heterocycles. The van der Waals surface area contributed by atoms with Crippen molar-refractivity contribution in [1.29, 1.82) is 0 Å². The van der Waals surface area contributed by atoms with Gasteiger partial charge in [0, 0.05) is 17.8 Å². The Morgan fingerprint density at radius 2 is 2.20 bits per heavy atom. The van der Waals surface area contributed by atoms with Gasteiger partial charge in [0.25, 0.3) is 14.2 Å². The zero-order chi connectivity index (χ0) is 14.8. The van der Waals surface area contributed by atoms with E-state index in [9.17, 15) is 8.42 Å². The van der Waals surface area contributed by atoms with Crippen LogP contribution in [0.2, 0.25) is 0 Å². The van der Waals surface area contributed by atoms with E-state index in [1.54, 1.807) is 7.11 Å². The molecule has 0 radical (unpaired) electrons. The lowest BCUT2D eigenvalue weighted by atomic mass is 10.2. The van der Waals surface area contributed by atoms with E-state index in [1.165, 1.54) is 15.9 Å². The Hall–Kier alpha value is -0.960. The van der Waals surface area contributed by atoms with Gasteiger partial charge in [-0.2, -0.15) is 0 Å². The highest BCUT2D eigenvalue weighted by Crippen LogP contribution is 2.30. The van der Waals surface area contributed by atoms with Gasteiger partial charge in [-0.15, -0.1) is 21.5 Å². The lowest BCUT2D eigenvalue weighted by molar-refractivity contribution is 0.185. The Kier molecular flexibility index (Phi) is 4.79. The number of methoxy groups -OCH3 is 1. The molecule has 0 atom stereocenters. The largest absolute Gasteiger partial charge is 0.383 e. The third-order valence-electron chi connectivity index (χ3n) is 2.78. The van der Waals surface area contributed by atoms with E-state index in [1.807, 2.05) is 18.4 Å². The summed E-state index contributed by atoms with van der Waals surface area (Å²) in [5.41, 5.74) is 1.10. The highest BCUT2D eigenvalue weighted by molar-refractivity contribution is 8.13. The third kappa shape index (κ3) is 3.03. The molecule has 2 aromatic rings. The molecule has 0 amide bonds. The zero-order valence-electron chi connectivity index (χ0n) is 11.0. The van der Waals surface area contributed by atoms with Crippen molar-refractivity contribution in [3.8, 4) is 10.7 Å². The molecule has 0 saturated carbocycles. The summed E-state index contributed by atoms with van der Waals surface area (Å²) < 4.78 is 29.6. The molecule has 0 N–H and O–H groups in total. The molecule has 0 fully saturated rings. The van der Waals surface area contributed by atoms with Crippen LogP contribution in [0.5, 0.6) is 0 Å². The van der Waals surface area contributed by atoms with Gasteiger partial charge in [0.1, 0.15) is 0 Å². The van der Waals surface area contributed by atoms with E-state index in [-0.39, 0.29) is 5.16 Å². The van der Waals surface area contributed by atoms with Crippen molar-refractivity contribution in [1.82, 2.24) is 14.8 Å². The Labute approximate surface area is 125 Å². The summed E-state index contributed by atoms with van der Waals surface area (Å²) in [4.78, 5) is 0.905. The minimum absolute atomic E-state index is 0.248. The van der Waals surface area contributed by atoms with Crippen LogP contribution in [-0.2, 0) is 26.8 Å². The van der Waals surface area contributed by atoms with Gasteiger partial charge < -0.3 is 4.74 Å². The second-order valence-corrected chi connectivity index (χ2v) is 7.39. The molecule has 0 aliphatic rings. The number of nitrogens with zero attached hydrogens (tertiary/aromatic N) is 3. The van der Waals surface area contributed by atoms with E-state index in [4.69, 9.17) is 15.4 Å². The molecule has 0 aliphatic heterocycles. The van der Waals surface area contributed by atoms with Crippen LogP contribution in [0.4, 0.5) is 0 Å². The van der Waals surface area contributed by atoms with E-state index in [0.29, 0.717) is 19.0 Å². The average Bonchev–Trinajstić information content (AvgIpc) is 3.00. The Morgan fingerprint density at radius 3 is 2.80 bits per heavy atom. The first-order valence-corrected chi connectivity index (χ1v) is 9.11. The number of hydrogen-bond acceptors (Lipinski definition) is 6. The minimum Gasteiger partial charge on any atom is -0.383 e. The van der Waals surface area contributed by atoms with Crippen molar-refractivity contribution in [3.63, 3.8) is 0 Å². The first kappa shape index (κ1) is 15.4.